The summed E-state index contributed by atoms with van der Waals surface area (Å²) in [7, 11) is 0. The van der Waals surface area contributed by atoms with E-state index in [0.29, 0.717) is 0 Å². The van der Waals surface area contributed by atoms with Gasteiger partial charge in [0.2, 0.25) is 0 Å². The van der Waals surface area contributed by atoms with Gasteiger partial charge in [-0.2, -0.15) is 0 Å². The number of rotatable bonds is 3. The van der Waals surface area contributed by atoms with Gasteiger partial charge in [0.05, 0.1) is 11.1 Å². The lowest BCUT2D eigenvalue weighted by Gasteiger charge is -2.10. The van der Waals surface area contributed by atoms with Crippen LogP contribution in [0.3, 0.4) is 0 Å². The number of fused-ring (bicyclic) bond motifs is 5. The maximum absolute atomic E-state index is 4.87. The predicted molar refractivity (Wildman–Crippen MR) is 101 cm³/mol. The Balaban J connectivity index is 1.62. The molecule has 1 aliphatic rings. The summed E-state index contributed by atoms with van der Waals surface area (Å²) in [6.07, 6.45) is 6.68. The second kappa shape index (κ2) is 6.07. The van der Waals surface area contributed by atoms with E-state index in [4.69, 9.17) is 4.98 Å². The number of thioether (sulfide) groups is 1. The van der Waals surface area contributed by atoms with Gasteiger partial charge in [-0.1, -0.05) is 17.8 Å². The van der Waals surface area contributed by atoms with Gasteiger partial charge in [-0.3, -0.25) is 9.38 Å². The molecule has 5 rings (SSSR count). The van der Waals surface area contributed by atoms with Crippen molar-refractivity contribution in [3.63, 3.8) is 0 Å². The largest absolute Gasteiger partial charge is 0.260 e. The van der Waals surface area contributed by atoms with Gasteiger partial charge in [-0.15, -0.1) is 21.5 Å². The fourth-order valence-electron chi connectivity index (χ4n) is 3.50. The number of aryl methyl sites for hydroxylation is 3. The third kappa shape index (κ3) is 2.53. The van der Waals surface area contributed by atoms with E-state index in [-0.39, 0.29) is 0 Å². The zero-order valence-corrected chi connectivity index (χ0v) is 15.5. The minimum absolute atomic E-state index is 0.779. The smallest absolute Gasteiger partial charge is 0.197 e. The van der Waals surface area contributed by atoms with Crippen LogP contribution in [0.15, 0.2) is 29.6 Å². The molecule has 0 unspecified atom stereocenters. The van der Waals surface area contributed by atoms with Crippen LogP contribution in [0.25, 0.3) is 15.9 Å². The van der Waals surface area contributed by atoms with Crippen LogP contribution in [0.2, 0.25) is 0 Å². The van der Waals surface area contributed by atoms with Crippen molar-refractivity contribution in [3.8, 4) is 0 Å². The molecule has 0 aromatic carbocycles. The fraction of sp³-hybridized carbons (Fsp3) is 0.333. The van der Waals surface area contributed by atoms with Crippen LogP contribution < -0.4 is 0 Å². The highest BCUT2D eigenvalue weighted by Gasteiger charge is 2.22. The molecule has 126 valence electrons. The van der Waals surface area contributed by atoms with Gasteiger partial charge in [0, 0.05) is 16.8 Å². The van der Waals surface area contributed by atoms with Crippen LogP contribution in [-0.4, -0.2) is 24.6 Å². The summed E-state index contributed by atoms with van der Waals surface area (Å²) in [6.45, 7) is 2.04. The van der Waals surface area contributed by atoms with Gasteiger partial charge in [0.25, 0.3) is 0 Å². The van der Waals surface area contributed by atoms with Gasteiger partial charge in [0.15, 0.2) is 10.8 Å². The molecule has 4 aromatic heterocycles. The van der Waals surface area contributed by atoms with Crippen LogP contribution in [0.4, 0.5) is 0 Å². The Morgan fingerprint density at radius 3 is 3.00 bits per heavy atom. The summed E-state index contributed by atoms with van der Waals surface area (Å²) < 4.78 is 2.11. The number of hydrogen-bond acceptors (Lipinski definition) is 6. The van der Waals surface area contributed by atoms with E-state index in [2.05, 4.69) is 19.6 Å². The molecule has 5 nitrogen and oxygen atoms in total. The van der Waals surface area contributed by atoms with Gasteiger partial charge in [0.1, 0.15) is 10.7 Å². The normalized spacial score (nSPS) is 14.3. The van der Waals surface area contributed by atoms with Crippen molar-refractivity contribution >= 4 is 39.0 Å². The van der Waals surface area contributed by atoms with E-state index >= 15 is 0 Å². The van der Waals surface area contributed by atoms with Crippen molar-refractivity contribution in [1.29, 1.82) is 0 Å². The lowest BCUT2D eigenvalue weighted by molar-refractivity contribution is 0.700. The predicted octanol–water partition coefficient (Wildman–Crippen LogP) is 4.21. The molecule has 0 spiro atoms. The maximum atomic E-state index is 4.87. The molecule has 7 heteroatoms. The van der Waals surface area contributed by atoms with Gasteiger partial charge >= 0.3 is 0 Å². The summed E-state index contributed by atoms with van der Waals surface area (Å²) in [6, 6.07) is 5.98. The summed E-state index contributed by atoms with van der Waals surface area (Å²) >= 11 is 3.50. The average molecular weight is 368 g/mol. The first-order valence-electron chi connectivity index (χ1n) is 8.50. The Bertz CT molecular complexity index is 1070. The van der Waals surface area contributed by atoms with E-state index < -0.39 is 0 Å². The number of nitrogens with zero attached hydrogens (tertiary/aromatic N) is 5. The summed E-state index contributed by atoms with van der Waals surface area (Å²) in [4.78, 5) is 11.9. The Morgan fingerprint density at radius 2 is 2.12 bits per heavy atom. The Labute approximate surface area is 153 Å². The Hall–Kier alpha value is -1.99. The van der Waals surface area contributed by atoms with Crippen molar-refractivity contribution in [3.05, 3.63) is 46.4 Å². The number of thiophene rings is 1. The molecule has 0 radical (unpaired) electrons. The van der Waals surface area contributed by atoms with E-state index in [0.717, 1.165) is 39.3 Å². The molecule has 0 fully saturated rings. The number of hydrogen-bond donors (Lipinski definition) is 0. The molecule has 1 aliphatic carbocycles. The fourth-order valence-corrected chi connectivity index (χ4v) is 5.69. The average Bonchev–Trinajstić information content (AvgIpc) is 3.22. The quantitative estimate of drug-likeness (QED) is 0.508. The van der Waals surface area contributed by atoms with Crippen LogP contribution >= 0.6 is 23.1 Å². The van der Waals surface area contributed by atoms with Gasteiger partial charge in [-0.05, 0) is 50.3 Å². The summed E-state index contributed by atoms with van der Waals surface area (Å²) in [5.74, 6) is 1.73. The molecule has 0 amide bonds. The molecule has 0 N–H and O–H groups in total. The highest BCUT2D eigenvalue weighted by Crippen LogP contribution is 2.38. The molecular formula is C18H17N5S2. The first kappa shape index (κ1) is 15.3. The maximum Gasteiger partial charge on any atom is 0.197 e. The minimum Gasteiger partial charge on any atom is -0.260 e. The van der Waals surface area contributed by atoms with Crippen LogP contribution in [-0.2, 0) is 18.6 Å². The second-order valence-corrected chi connectivity index (χ2v) is 8.33. The molecule has 0 saturated carbocycles. The molecule has 0 atom stereocenters. The SMILES string of the molecule is Cc1nc2sc3c(c2c2nnc(SCc4ccccn4)n12)CCCC3. The van der Waals surface area contributed by atoms with Crippen LogP contribution in [0, 0.1) is 6.92 Å². The zero-order chi connectivity index (χ0) is 16.8. The van der Waals surface area contributed by atoms with Crippen molar-refractivity contribution < 1.29 is 0 Å². The Kier molecular flexibility index (Phi) is 3.71. The van der Waals surface area contributed by atoms with Crippen LogP contribution in [0.5, 0.6) is 0 Å². The van der Waals surface area contributed by atoms with Crippen molar-refractivity contribution in [2.24, 2.45) is 0 Å². The van der Waals surface area contributed by atoms with Crippen molar-refractivity contribution in [2.45, 2.75) is 43.5 Å². The molecule has 0 saturated heterocycles. The molecular weight excluding hydrogens is 350 g/mol. The lowest BCUT2D eigenvalue weighted by atomic mass is 9.97. The summed E-state index contributed by atoms with van der Waals surface area (Å²) in [5, 5.41) is 11.1. The third-order valence-corrected chi connectivity index (χ3v) is 6.82. The Morgan fingerprint density at radius 1 is 1.20 bits per heavy atom. The third-order valence-electron chi connectivity index (χ3n) is 4.67. The standard InChI is InChI=1S/C18H17N5S2/c1-11-20-17-15(13-7-2-3-8-14(13)25-17)16-21-22-18(23(11)16)24-10-12-6-4-5-9-19-12/h4-6,9H,2-3,7-8,10H2,1H3. The molecule has 0 bridgehead atoms. The minimum atomic E-state index is 0.779. The monoisotopic (exact) mass is 367 g/mol. The van der Waals surface area contributed by atoms with Crippen LogP contribution in [0.1, 0.15) is 34.8 Å². The van der Waals surface area contributed by atoms with Crippen molar-refractivity contribution in [2.75, 3.05) is 0 Å². The van der Waals surface area contributed by atoms with E-state index in [1.807, 2.05) is 42.7 Å². The second-order valence-electron chi connectivity index (χ2n) is 6.30. The van der Waals surface area contributed by atoms with Gasteiger partial charge in [-0.25, -0.2) is 4.98 Å². The molecule has 25 heavy (non-hydrogen) atoms. The first-order valence-corrected chi connectivity index (χ1v) is 10.3. The van der Waals surface area contributed by atoms with E-state index in [9.17, 15) is 0 Å². The van der Waals surface area contributed by atoms with Gasteiger partial charge < -0.3 is 0 Å². The number of aromatic nitrogens is 5. The zero-order valence-electron chi connectivity index (χ0n) is 13.9. The molecule has 0 aliphatic heterocycles. The highest BCUT2D eigenvalue weighted by atomic mass is 32.2. The molecule has 4 heterocycles. The van der Waals surface area contributed by atoms with Crippen molar-refractivity contribution in [1.82, 2.24) is 24.6 Å². The molecule has 4 aromatic rings. The summed E-state index contributed by atoms with van der Waals surface area (Å²) in [5.41, 5.74) is 3.46. The lowest BCUT2D eigenvalue weighted by Crippen LogP contribution is -2.01. The number of pyridine rings is 1. The van der Waals surface area contributed by atoms with E-state index in [1.54, 1.807) is 11.8 Å². The topological polar surface area (TPSA) is 56.0 Å². The first-order chi connectivity index (χ1) is 12.3. The van der Waals surface area contributed by atoms with E-state index in [1.165, 1.54) is 35.1 Å². The highest BCUT2D eigenvalue weighted by molar-refractivity contribution is 7.98.